The van der Waals surface area contributed by atoms with Crippen molar-refractivity contribution in [3.63, 3.8) is 0 Å². The summed E-state index contributed by atoms with van der Waals surface area (Å²) in [6.45, 7) is 2.08. The normalized spacial score (nSPS) is 12.1. The maximum Gasteiger partial charge on any atom is 0.115 e. The van der Waals surface area contributed by atoms with Crippen LogP contribution in [0.1, 0.15) is 46.1 Å². The molecule has 3 nitrogen and oxygen atoms in total. The SMILES string of the molecule is Cc1ccc(C(CC(c2ccc(O)cc2)c2ccc(O)cc2)c2ccc(O)cc2)cc1. The lowest BCUT2D eigenvalue weighted by atomic mass is 9.78. The molecule has 0 aliphatic rings. The van der Waals surface area contributed by atoms with E-state index in [1.54, 1.807) is 36.4 Å². The first-order chi connectivity index (χ1) is 15.0. The Bertz CT molecular complexity index is 929. The molecule has 0 amide bonds. The van der Waals surface area contributed by atoms with Gasteiger partial charge in [-0.3, -0.25) is 0 Å². The molecule has 0 saturated heterocycles. The number of phenols is 3. The van der Waals surface area contributed by atoms with Crippen LogP contribution in [0.15, 0.2) is 97.1 Å². The Morgan fingerprint density at radius 3 is 1.00 bits per heavy atom. The lowest BCUT2D eigenvalue weighted by Gasteiger charge is -2.26. The molecule has 0 radical (unpaired) electrons. The molecule has 4 rings (SSSR count). The molecule has 0 aromatic heterocycles. The molecule has 1 atom stereocenters. The number of benzene rings is 4. The van der Waals surface area contributed by atoms with E-state index >= 15 is 0 Å². The van der Waals surface area contributed by atoms with Crippen LogP contribution in [-0.4, -0.2) is 15.3 Å². The molecule has 156 valence electrons. The van der Waals surface area contributed by atoms with Crippen LogP contribution in [-0.2, 0) is 0 Å². The molecule has 0 spiro atoms. The van der Waals surface area contributed by atoms with E-state index < -0.39 is 0 Å². The van der Waals surface area contributed by atoms with E-state index in [4.69, 9.17) is 0 Å². The molecule has 0 aliphatic carbocycles. The van der Waals surface area contributed by atoms with Crippen molar-refractivity contribution < 1.29 is 15.3 Å². The van der Waals surface area contributed by atoms with Gasteiger partial charge in [-0.15, -0.1) is 0 Å². The lowest BCUT2D eigenvalue weighted by Crippen LogP contribution is -2.10. The molecule has 0 bridgehead atoms. The van der Waals surface area contributed by atoms with Crippen molar-refractivity contribution in [3.05, 3.63) is 125 Å². The van der Waals surface area contributed by atoms with Gasteiger partial charge in [-0.1, -0.05) is 66.2 Å². The highest BCUT2D eigenvalue weighted by atomic mass is 16.3. The Morgan fingerprint density at radius 2 is 0.710 bits per heavy atom. The molecule has 4 aromatic carbocycles. The third kappa shape index (κ3) is 4.89. The van der Waals surface area contributed by atoms with Crippen LogP contribution in [0.25, 0.3) is 0 Å². The summed E-state index contributed by atoms with van der Waals surface area (Å²) in [5.41, 5.74) is 5.74. The average molecular weight is 411 g/mol. The zero-order valence-electron chi connectivity index (χ0n) is 17.4. The maximum atomic E-state index is 9.79. The first-order valence-corrected chi connectivity index (χ1v) is 10.4. The lowest BCUT2D eigenvalue weighted by molar-refractivity contribution is 0.474. The topological polar surface area (TPSA) is 60.7 Å². The molecule has 4 aromatic rings. The summed E-state index contributed by atoms with van der Waals surface area (Å²) < 4.78 is 0. The highest BCUT2D eigenvalue weighted by molar-refractivity contribution is 5.42. The summed E-state index contributed by atoms with van der Waals surface area (Å²) in [6.07, 6.45) is 0.795. The molecule has 3 heteroatoms. The maximum absolute atomic E-state index is 9.79. The van der Waals surface area contributed by atoms with E-state index in [0.29, 0.717) is 0 Å². The second kappa shape index (κ2) is 8.97. The van der Waals surface area contributed by atoms with Gasteiger partial charge in [0, 0.05) is 11.8 Å². The Labute approximate surface area is 182 Å². The largest absolute Gasteiger partial charge is 0.508 e. The van der Waals surface area contributed by atoms with E-state index in [1.807, 2.05) is 36.4 Å². The van der Waals surface area contributed by atoms with E-state index in [9.17, 15) is 15.3 Å². The van der Waals surface area contributed by atoms with E-state index in [2.05, 4.69) is 31.2 Å². The number of aromatic hydroxyl groups is 3. The minimum atomic E-state index is 0.0568. The van der Waals surface area contributed by atoms with Crippen LogP contribution in [0.3, 0.4) is 0 Å². The summed E-state index contributed by atoms with van der Waals surface area (Å²) in [5, 5.41) is 29.3. The van der Waals surface area contributed by atoms with Gasteiger partial charge in [-0.05, 0) is 72.0 Å². The minimum absolute atomic E-state index is 0.0568. The number of hydrogen-bond donors (Lipinski definition) is 3. The molecule has 0 saturated carbocycles. The third-order valence-electron chi connectivity index (χ3n) is 5.84. The van der Waals surface area contributed by atoms with Crippen LogP contribution in [0.2, 0.25) is 0 Å². The fraction of sp³-hybridized carbons (Fsp3) is 0.143. The van der Waals surface area contributed by atoms with Gasteiger partial charge in [0.05, 0.1) is 0 Å². The molecule has 1 unspecified atom stereocenters. The van der Waals surface area contributed by atoms with Crippen LogP contribution in [0, 0.1) is 6.92 Å². The molecule has 0 heterocycles. The minimum Gasteiger partial charge on any atom is -0.508 e. The third-order valence-corrected chi connectivity index (χ3v) is 5.84. The van der Waals surface area contributed by atoms with Gasteiger partial charge >= 0.3 is 0 Å². The quantitative estimate of drug-likeness (QED) is 0.342. The van der Waals surface area contributed by atoms with Crippen molar-refractivity contribution in [3.8, 4) is 17.2 Å². The second-order valence-electron chi connectivity index (χ2n) is 8.03. The Balaban J connectivity index is 1.79. The first-order valence-electron chi connectivity index (χ1n) is 10.4. The van der Waals surface area contributed by atoms with Crippen LogP contribution in [0.4, 0.5) is 0 Å². The van der Waals surface area contributed by atoms with Gasteiger partial charge in [0.2, 0.25) is 0 Å². The Kier molecular flexibility index (Phi) is 5.94. The van der Waals surface area contributed by atoms with Crippen molar-refractivity contribution in [2.75, 3.05) is 0 Å². The number of hydrogen-bond acceptors (Lipinski definition) is 3. The van der Waals surface area contributed by atoms with E-state index in [1.165, 1.54) is 11.1 Å². The first kappa shape index (κ1) is 20.5. The van der Waals surface area contributed by atoms with E-state index in [0.717, 1.165) is 23.1 Å². The molecule has 3 N–H and O–H groups in total. The molecular formula is C28H26O3. The predicted octanol–water partition coefficient (Wildman–Crippen LogP) is 6.47. The van der Waals surface area contributed by atoms with Crippen LogP contribution in [0.5, 0.6) is 17.2 Å². The number of phenolic OH excluding ortho intramolecular Hbond substituents is 3. The summed E-state index contributed by atoms with van der Waals surface area (Å²) in [7, 11) is 0. The van der Waals surface area contributed by atoms with Crippen molar-refractivity contribution in [1.82, 2.24) is 0 Å². The zero-order valence-corrected chi connectivity index (χ0v) is 17.4. The van der Waals surface area contributed by atoms with Crippen molar-refractivity contribution in [2.24, 2.45) is 0 Å². The zero-order chi connectivity index (χ0) is 21.8. The van der Waals surface area contributed by atoms with Gasteiger partial charge in [0.15, 0.2) is 0 Å². The van der Waals surface area contributed by atoms with Crippen LogP contribution < -0.4 is 0 Å². The summed E-state index contributed by atoms with van der Waals surface area (Å²) >= 11 is 0. The summed E-state index contributed by atoms with van der Waals surface area (Å²) in [6, 6.07) is 30.7. The standard InChI is InChI=1S/C28H26O3/c1-19-2-4-20(5-3-19)27(21-6-12-24(29)13-7-21)18-28(22-8-14-25(30)15-9-22)23-10-16-26(31)17-11-23/h2-17,27-31H,18H2,1H3. The highest BCUT2D eigenvalue weighted by Crippen LogP contribution is 2.39. The van der Waals surface area contributed by atoms with Crippen molar-refractivity contribution in [1.29, 1.82) is 0 Å². The van der Waals surface area contributed by atoms with Gasteiger partial charge in [-0.25, -0.2) is 0 Å². The Hall–Kier alpha value is -3.72. The number of rotatable bonds is 6. The summed E-state index contributed by atoms with van der Waals surface area (Å²) in [4.78, 5) is 0. The molecular weight excluding hydrogens is 384 g/mol. The van der Waals surface area contributed by atoms with Crippen molar-refractivity contribution >= 4 is 0 Å². The van der Waals surface area contributed by atoms with Gasteiger partial charge in [0.25, 0.3) is 0 Å². The summed E-state index contributed by atoms with van der Waals surface area (Å²) in [5.74, 6) is 0.888. The van der Waals surface area contributed by atoms with E-state index in [-0.39, 0.29) is 29.1 Å². The monoisotopic (exact) mass is 410 g/mol. The second-order valence-corrected chi connectivity index (χ2v) is 8.03. The predicted molar refractivity (Wildman–Crippen MR) is 124 cm³/mol. The highest BCUT2D eigenvalue weighted by Gasteiger charge is 2.23. The average Bonchev–Trinajstić information content (AvgIpc) is 2.78. The fourth-order valence-electron chi connectivity index (χ4n) is 4.08. The fourth-order valence-corrected chi connectivity index (χ4v) is 4.08. The molecule has 0 aliphatic heterocycles. The van der Waals surface area contributed by atoms with Gasteiger partial charge < -0.3 is 15.3 Å². The number of aryl methyl sites for hydroxylation is 1. The van der Waals surface area contributed by atoms with Gasteiger partial charge in [0.1, 0.15) is 17.2 Å². The van der Waals surface area contributed by atoms with Crippen LogP contribution >= 0.6 is 0 Å². The molecule has 0 fully saturated rings. The van der Waals surface area contributed by atoms with Gasteiger partial charge in [-0.2, -0.15) is 0 Å². The van der Waals surface area contributed by atoms with Crippen molar-refractivity contribution in [2.45, 2.75) is 25.2 Å². The smallest absolute Gasteiger partial charge is 0.115 e. The molecule has 31 heavy (non-hydrogen) atoms. The Morgan fingerprint density at radius 1 is 0.452 bits per heavy atom.